The number of carbonyl (C=O) groups is 2. The lowest BCUT2D eigenvalue weighted by Gasteiger charge is -2.37. The summed E-state index contributed by atoms with van der Waals surface area (Å²) in [5, 5.41) is 4.70. The zero-order valence-corrected chi connectivity index (χ0v) is 13.6. The summed E-state index contributed by atoms with van der Waals surface area (Å²) in [5.41, 5.74) is 0. The number of nitrogens with one attached hydrogen (secondary N) is 2. The number of halogens is 3. The van der Waals surface area contributed by atoms with Crippen LogP contribution in [0.15, 0.2) is 0 Å². The van der Waals surface area contributed by atoms with Crippen LogP contribution in [0.1, 0.15) is 20.3 Å². The summed E-state index contributed by atoms with van der Waals surface area (Å²) >= 11 is 0. The van der Waals surface area contributed by atoms with Crippen LogP contribution in [0, 0.1) is 0 Å². The van der Waals surface area contributed by atoms with Gasteiger partial charge in [0.15, 0.2) is 0 Å². The molecular weight excluding hydrogens is 313 g/mol. The maximum atomic E-state index is 12.1. The average Bonchev–Trinajstić information content (AvgIpc) is 2.50. The standard InChI is InChI=1S/C14H25F3N4O2/c1-3-4-18-12(22)9-20-5-7-21(8-6-20)11(2)13(23)19-10-14(15,16)17/h11H,3-10H2,1-2H3,(H,18,22)(H,19,23). The molecule has 0 saturated carbocycles. The minimum absolute atomic E-state index is 0.0312. The van der Waals surface area contributed by atoms with E-state index in [1.54, 1.807) is 6.92 Å². The van der Waals surface area contributed by atoms with Gasteiger partial charge in [-0.2, -0.15) is 13.2 Å². The van der Waals surface area contributed by atoms with Gasteiger partial charge in [0.05, 0.1) is 12.6 Å². The van der Waals surface area contributed by atoms with E-state index in [1.165, 1.54) is 0 Å². The molecule has 0 aromatic rings. The van der Waals surface area contributed by atoms with Crippen molar-refractivity contribution in [1.29, 1.82) is 0 Å². The maximum Gasteiger partial charge on any atom is 0.405 e. The molecule has 1 aliphatic heterocycles. The summed E-state index contributed by atoms with van der Waals surface area (Å²) in [6.45, 7) is 5.52. The van der Waals surface area contributed by atoms with Gasteiger partial charge in [-0.05, 0) is 13.3 Å². The van der Waals surface area contributed by atoms with Gasteiger partial charge in [-0.1, -0.05) is 6.92 Å². The zero-order chi connectivity index (χ0) is 17.5. The largest absolute Gasteiger partial charge is 0.405 e. The van der Waals surface area contributed by atoms with Crippen LogP contribution in [-0.2, 0) is 9.59 Å². The van der Waals surface area contributed by atoms with Crippen molar-refractivity contribution in [2.45, 2.75) is 32.5 Å². The van der Waals surface area contributed by atoms with Crippen molar-refractivity contribution in [3.8, 4) is 0 Å². The van der Waals surface area contributed by atoms with Crippen LogP contribution in [0.3, 0.4) is 0 Å². The van der Waals surface area contributed by atoms with E-state index in [2.05, 4.69) is 5.32 Å². The first-order chi connectivity index (χ1) is 10.7. The van der Waals surface area contributed by atoms with E-state index in [1.807, 2.05) is 22.0 Å². The monoisotopic (exact) mass is 338 g/mol. The molecule has 0 aliphatic carbocycles. The first-order valence-electron chi connectivity index (χ1n) is 7.80. The second-order valence-electron chi connectivity index (χ2n) is 5.67. The number of nitrogens with zero attached hydrogens (tertiary/aromatic N) is 2. The van der Waals surface area contributed by atoms with Crippen LogP contribution in [0.5, 0.6) is 0 Å². The van der Waals surface area contributed by atoms with E-state index in [0.29, 0.717) is 39.3 Å². The average molecular weight is 338 g/mol. The molecule has 1 fully saturated rings. The van der Waals surface area contributed by atoms with Crippen molar-refractivity contribution in [1.82, 2.24) is 20.4 Å². The predicted octanol–water partition coefficient (Wildman–Crippen LogP) is 0.197. The fourth-order valence-corrected chi connectivity index (χ4v) is 2.33. The van der Waals surface area contributed by atoms with Crippen LogP contribution in [0.25, 0.3) is 0 Å². The summed E-state index contributed by atoms with van der Waals surface area (Å²) in [6.07, 6.45) is -3.52. The number of piperazine rings is 1. The van der Waals surface area contributed by atoms with Crippen LogP contribution in [0.2, 0.25) is 0 Å². The van der Waals surface area contributed by atoms with Gasteiger partial charge in [0.25, 0.3) is 0 Å². The van der Waals surface area contributed by atoms with E-state index in [0.717, 1.165) is 6.42 Å². The summed E-state index contributed by atoms with van der Waals surface area (Å²) in [7, 11) is 0. The maximum absolute atomic E-state index is 12.1. The van der Waals surface area contributed by atoms with E-state index < -0.39 is 24.7 Å². The Hall–Kier alpha value is -1.35. The first kappa shape index (κ1) is 19.7. The molecule has 0 spiro atoms. The van der Waals surface area contributed by atoms with E-state index >= 15 is 0 Å². The van der Waals surface area contributed by atoms with Crippen LogP contribution >= 0.6 is 0 Å². The number of alkyl halides is 3. The topological polar surface area (TPSA) is 64.7 Å². The third kappa shape index (κ3) is 7.65. The smallest absolute Gasteiger partial charge is 0.355 e. The molecule has 23 heavy (non-hydrogen) atoms. The minimum atomic E-state index is -4.40. The SMILES string of the molecule is CCCNC(=O)CN1CCN(C(C)C(=O)NCC(F)(F)F)CC1. The Morgan fingerprint density at radius 1 is 1.13 bits per heavy atom. The molecule has 1 aliphatic rings. The Morgan fingerprint density at radius 2 is 1.74 bits per heavy atom. The van der Waals surface area contributed by atoms with Crippen molar-refractivity contribution >= 4 is 11.8 Å². The number of hydrogen-bond donors (Lipinski definition) is 2. The van der Waals surface area contributed by atoms with Gasteiger partial charge in [0, 0.05) is 32.7 Å². The minimum Gasteiger partial charge on any atom is -0.355 e. The quantitative estimate of drug-likeness (QED) is 0.696. The lowest BCUT2D eigenvalue weighted by molar-refractivity contribution is -0.141. The van der Waals surface area contributed by atoms with Gasteiger partial charge in [-0.25, -0.2) is 0 Å². The predicted molar refractivity (Wildman–Crippen MR) is 79.8 cm³/mol. The van der Waals surface area contributed by atoms with Crippen molar-refractivity contribution in [2.75, 3.05) is 45.8 Å². The molecule has 1 saturated heterocycles. The number of hydrogen-bond acceptors (Lipinski definition) is 4. The fourth-order valence-electron chi connectivity index (χ4n) is 2.33. The van der Waals surface area contributed by atoms with Crippen LogP contribution < -0.4 is 10.6 Å². The Kier molecular flexibility index (Phi) is 7.77. The Bertz CT molecular complexity index is 396. The molecule has 6 nitrogen and oxygen atoms in total. The summed E-state index contributed by atoms with van der Waals surface area (Å²) < 4.78 is 36.3. The van der Waals surface area contributed by atoms with Crippen molar-refractivity contribution in [3.63, 3.8) is 0 Å². The highest BCUT2D eigenvalue weighted by molar-refractivity contribution is 5.81. The molecule has 1 unspecified atom stereocenters. The third-order valence-corrected chi connectivity index (χ3v) is 3.74. The Balaban J connectivity index is 2.31. The molecule has 0 aromatic carbocycles. The lowest BCUT2D eigenvalue weighted by atomic mass is 10.2. The Labute approximate surface area is 134 Å². The van der Waals surface area contributed by atoms with Crippen LogP contribution in [-0.4, -0.2) is 79.6 Å². The highest BCUT2D eigenvalue weighted by atomic mass is 19.4. The molecule has 1 rings (SSSR count). The zero-order valence-electron chi connectivity index (χ0n) is 13.6. The van der Waals surface area contributed by atoms with Crippen molar-refractivity contribution < 1.29 is 22.8 Å². The summed E-state index contributed by atoms with van der Waals surface area (Å²) in [6, 6.07) is -0.617. The summed E-state index contributed by atoms with van der Waals surface area (Å²) in [4.78, 5) is 27.2. The fraction of sp³-hybridized carbons (Fsp3) is 0.857. The van der Waals surface area contributed by atoms with Gasteiger partial charge in [0.2, 0.25) is 11.8 Å². The number of amides is 2. The number of rotatable bonds is 7. The molecule has 0 aromatic heterocycles. The molecule has 1 heterocycles. The number of carbonyl (C=O) groups excluding carboxylic acids is 2. The second kappa shape index (κ2) is 9.07. The van der Waals surface area contributed by atoms with E-state index in [4.69, 9.17) is 0 Å². The van der Waals surface area contributed by atoms with Gasteiger partial charge in [-0.3, -0.25) is 19.4 Å². The van der Waals surface area contributed by atoms with Gasteiger partial charge >= 0.3 is 6.18 Å². The second-order valence-corrected chi connectivity index (χ2v) is 5.67. The lowest BCUT2D eigenvalue weighted by Crippen LogP contribution is -2.55. The molecule has 1 atom stereocenters. The highest BCUT2D eigenvalue weighted by Gasteiger charge is 2.31. The van der Waals surface area contributed by atoms with Gasteiger partial charge in [-0.15, -0.1) is 0 Å². The summed E-state index contributed by atoms with van der Waals surface area (Å²) in [5.74, 6) is -0.660. The Morgan fingerprint density at radius 3 is 2.26 bits per heavy atom. The molecule has 0 bridgehead atoms. The van der Waals surface area contributed by atoms with E-state index in [-0.39, 0.29) is 5.91 Å². The first-order valence-corrected chi connectivity index (χ1v) is 7.80. The van der Waals surface area contributed by atoms with E-state index in [9.17, 15) is 22.8 Å². The normalized spacial score (nSPS) is 18.5. The molecule has 0 radical (unpaired) electrons. The van der Waals surface area contributed by atoms with Gasteiger partial charge in [0.1, 0.15) is 6.54 Å². The molecule has 2 amide bonds. The molecule has 2 N–H and O–H groups in total. The molecule has 9 heteroatoms. The van der Waals surface area contributed by atoms with Crippen molar-refractivity contribution in [3.05, 3.63) is 0 Å². The molecule has 134 valence electrons. The molecular formula is C14H25F3N4O2. The third-order valence-electron chi connectivity index (χ3n) is 3.74. The van der Waals surface area contributed by atoms with Crippen molar-refractivity contribution in [2.24, 2.45) is 0 Å². The van der Waals surface area contributed by atoms with Crippen LogP contribution in [0.4, 0.5) is 13.2 Å². The van der Waals surface area contributed by atoms with Gasteiger partial charge < -0.3 is 10.6 Å². The highest BCUT2D eigenvalue weighted by Crippen LogP contribution is 2.13.